The number of carbonyl (C=O) groups excluding carboxylic acids is 2. The average molecular weight is 269 g/mol. The number of hydrogen-bond acceptors (Lipinski definition) is 3. The molecule has 2 fully saturated rings. The van der Waals surface area contributed by atoms with Crippen molar-refractivity contribution >= 4 is 17.5 Å². The van der Waals surface area contributed by atoms with Gasteiger partial charge in [-0.1, -0.05) is 29.8 Å². The van der Waals surface area contributed by atoms with E-state index < -0.39 is 0 Å². The SMILES string of the molecule is Cc1ccc(N2C(=O)C3C4C=CC(O4)C3C2=O)c(C)c1. The third kappa shape index (κ3) is 1.34. The lowest BCUT2D eigenvalue weighted by molar-refractivity contribution is -0.124. The van der Waals surface area contributed by atoms with Gasteiger partial charge < -0.3 is 4.74 Å². The number of anilines is 1. The number of fused-ring (bicyclic) bond motifs is 5. The fourth-order valence-electron chi connectivity index (χ4n) is 3.60. The highest BCUT2D eigenvalue weighted by Gasteiger charge is 2.61. The maximum Gasteiger partial charge on any atom is 0.240 e. The van der Waals surface area contributed by atoms with Crippen LogP contribution in [0, 0.1) is 25.7 Å². The molecule has 3 heterocycles. The number of aryl methyl sites for hydroxylation is 2. The Hall–Kier alpha value is -1.94. The van der Waals surface area contributed by atoms with Gasteiger partial charge in [-0.2, -0.15) is 0 Å². The molecule has 3 aliphatic rings. The van der Waals surface area contributed by atoms with Crippen LogP contribution in [-0.4, -0.2) is 24.0 Å². The third-order valence-corrected chi connectivity index (χ3v) is 4.50. The van der Waals surface area contributed by atoms with E-state index in [2.05, 4.69) is 0 Å². The van der Waals surface area contributed by atoms with E-state index in [0.717, 1.165) is 11.1 Å². The number of benzene rings is 1. The van der Waals surface area contributed by atoms with Crippen LogP contribution in [0.4, 0.5) is 5.69 Å². The highest BCUT2D eigenvalue weighted by molar-refractivity contribution is 6.23. The van der Waals surface area contributed by atoms with E-state index in [-0.39, 0.29) is 35.9 Å². The Kier molecular flexibility index (Phi) is 2.25. The minimum absolute atomic E-state index is 0.121. The summed E-state index contributed by atoms with van der Waals surface area (Å²) in [5, 5.41) is 0. The summed E-state index contributed by atoms with van der Waals surface area (Å²) in [4.78, 5) is 26.6. The lowest BCUT2D eigenvalue weighted by Crippen LogP contribution is -2.34. The first-order valence-electron chi connectivity index (χ1n) is 6.87. The Morgan fingerprint density at radius 2 is 1.60 bits per heavy atom. The number of carbonyl (C=O) groups is 2. The maximum absolute atomic E-state index is 12.6. The maximum atomic E-state index is 12.6. The molecule has 0 saturated carbocycles. The summed E-state index contributed by atoms with van der Waals surface area (Å²) in [6, 6.07) is 5.78. The molecule has 2 bridgehead atoms. The zero-order valence-electron chi connectivity index (χ0n) is 11.4. The number of imide groups is 1. The van der Waals surface area contributed by atoms with Gasteiger partial charge in [-0.15, -0.1) is 0 Å². The van der Waals surface area contributed by atoms with Crippen molar-refractivity contribution in [3.8, 4) is 0 Å². The quantitative estimate of drug-likeness (QED) is 0.576. The molecule has 4 nitrogen and oxygen atoms in total. The first-order chi connectivity index (χ1) is 9.58. The van der Waals surface area contributed by atoms with Gasteiger partial charge in [0.2, 0.25) is 11.8 Å². The van der Waals surface area contributed by atoms with Crippen LogP contribution in [-0.2, 0) is 14.3 Å². The molecule has 4 unspecified atom stereocenters. The van der Waals surface area contributed by atoms with E-state index in [0.29, 0.717) is 5.69 Å². The number of rotatable bonds is 1. The molecule has 20 heavy (non-hydrogen) atoms. The molecule has 4 atom stereocenters. The number of amides is 2. The van der Waals surface area contributed by atoms with Crippen molar-refractivity contribution in [2.75, 3.05) is 4.90 Å². The molecule has 4 heteroatoms. The fraction of sp³-hybridized carbons (Fsp3) is 0.375. The molecule has 2 saturated heterocycles. The summed E-state index contributed by atoms with van der Waals surface area (Å²) in [7, 11) is 0. The summed E-state index contributed by atoms with van der Waals surface area (Å²) in [6.07, 6.45) is 3.36. The van der Waals surface area contributed by atoms with Gasteiger partial charge in [0.05, 0.1) is 29.7 Å². The van der Waals surface area contributed by atoms with Crippen molar-refractivity contribution in [2.45, 2.75) is 26.1 Å². The molecular weight excluding hydrogens is 254 g/mol. The molecule has 0 aliphatic carbocycles. The number of hydrogen-bond donors (Lipinski definition) is 0. The lowest BCUT2D eigenvalue weighted by atomic mass is 9.85. The molecular formula is C16H15NO3. The molecule has 3 aliphatic heterocycles. The number of nitrogens with zero attached hydrogens (tertiary/aromatic N) is 1. The zero-order valence-corrected chi connectivity index (χ0v) is 11.4. The van der Waals surface area contributed by atoms with E-state index in [9.17, 15) is 9.59 Å². The van der Waals surface area contributed by atoms with E-state index in [1.54, 1.807) is 0 Å². The Labute approximate surface area is 117 Å². The summed E-state index contributed by atoms with van der Waals surface area (Å²) in [6.45, 7) is 3.93. The normalized spacial score (nSPS) is 34.2. The molecule has 0 radical (unpaired) electrons. The molecule has 2 amide bonds. The Morgan fingerprint density at radius 3 is 2.15 bits per heavy atom. The smallest absolute Gasteiger partial charge is 0.240 e. The molecule has 0 spiro atoms. The van der Waals surface area contributed by atoms with Gasteiger partial charge in [0.1, 0.15) is 0 Å². The topological polar surface area (TPSA) is 46.6 Å². The van der Waals surface area contributed by atoms with Crippen molar-refractivity contribution in [3.05, 3.63) is 41.5 Å². The Morgan fingerprint density at radius 1 is 1.00 bits per heavy atom. The van der Waals surface area contributed by atoms with Crippen LogP contribution in [0.5, 0.6) is 0 Å². The first kappa shape index (κ1) is 11.9. The third-order valence-electron chi connectivity index (χ3n) is 4.50. The summed E-state index contributed by atoms with van der Waals surface area (Å²) >= 11 is 0. The minimum Gasteiger partial charge on any atom is -0.365 e. The minimum atomic E-state index is -0.335. The molecule has 4 rings (SSSR count). The van der Waals surface area contributed by atoms with Gasteiger partial charge in [0, 0.05) is 0 Å². The second-order valence-corrected chi connectivity index (χ2v) is 5.80. The van der Waals surface area contributed by atoms with Gasteiger partial charge in [-0.05, 0) is 25.5 Å². The highest BCUT2D eigenvalue weighted by Crippen LogP contribution is 2.46. The van der Waals surface area contributed by atoms with Crippen LogP contribution in [0.25, 0.3) is 0 Å². The van der Waals surface area contributed by atoms with Crippen LogP contribution >= 0.6 is 0 Å². The van der Waals surface area contributed by atoms with E-state index >= 15 is 0 Å². The average Bonchev–Trinajstić information content (AvgIpc) is 3.06. The standard InChI is InChI=1S/C16H15NO3/c1-8-3-4-10(9(2)7-8)17-15(18)13-11-5-6-12(20-11)14(13)16(17)19/h3-7,11-14H,1-2H3. The van der Waals surface area contributed by atoms with Crippen LogP contribution in [0.15, 0.2) is 30.4 Å². The lowest BCUT2D eigenvalue weighted by Gasteiger charge is -2.19. The predicted molar refractivity (Wildman–Crippen MR) is 73.2 cm³/mol. The second kappa shape index (κ2) is 3.79. The van der Waals surface area contributed by atoms with E-state index in [1.807, 2.05) is 44.2 Å². The van der Waals surface area contributed by atoms with E-state index in [1.165, 1.54) is 4.90 Å². The Bertz CT molecular complexity index is 634. The number of ether oxygens (including phenoxy) is 1. The van der Waals surface area contributed by atoms with Gasteiger partial charge in [0.15, 0.2) is 0 Å². The van der Waals surface area contributed by atoms with Crippen molar-refractivity contribution < 1.29 is 14.3 Å². The molecule has 1 aromatic carbocycles. The molecule has 0 aromatic heterocycles. The van der Waals surface area contributed by atoms with Crippen molar-refractivity contribution in [2.24, 2.45) is 11.8 Å². The summed E-state index contributed by atoms with van der Waals surface area (Å²) < 4.78 is 5.63. The van der Waals surface area contributed by atoms with Gasteiger partial charge in [0.25, 0.3) is 0 Å². The van der Waals surface area contributed by atoms with Crippen LogP contribution in [0.1, 0.15) is 11.1 Å². The molecule has 1 aromatic rings. The first-order valence-corrected chi connectivity index (χ1v) is 6.87. The van der Waals surface area contributed by atoms with Gasteiger partial charge in [-0.3, -0.25) is 9.59 Å². The van der Waals surface area contributed by atoms with E-state index in [4.69, 9.17) is 4.74 Å². The monoisotopic (exact) mass is 269 g/mol. The zero-order chi connectivity index (χ0) is 14.0. The van der Waals surface area contributed by atoms with Crippen LogP contribution in [0.3, 0.4) is 0 Å². The summed E-state index contributed by atoms with van der Waals surface area (Å²) in [5.41, 5.74) is 2.78. The molecule has 0 N–H and O–H groups in total. The van der Waals surface area contributed by atoms with Crippen molar-refractivity contribution in [3.63, 3.8) is 0 Å². The van der Waals surface area contributed by atoms with Crippen molar-refractivity contribution in [1.29, 1.82) is 0 Å². The van der Waals surface area contributed by atoms with Gasteiger partial charge in [-0.25, -0.2) is 4.90 Å². The summed E-state index contributed by atoms with van der Waals surface area (Å²) in [5.74, 6) is -0.913. The van der Waals surface area contributed by atoms with Crippen LogP contribution < -0.4 is 4.90 Å². The van der Waals surface area contributed by atoms with Gasteiger partial charge >= 0.3 is 0 Å². The highest BCUT2D eigenvalue weighted by atomic mass is 16.5. The van der Waals surface area contributed by atoms with Crippen molar-refractivity contribution in [1.82, 2.24) is 0 Å². The fourth-order valence-corrected chi connectivity index (χ4v) is 3.60. The largest absolute Gasteiger partial charge is 0.365 e. The van der Waals surface area contributed by atoms with Crippen LogP contribution in [0.2, 0.25) is 0 Å². The Balaban J connectivity index is 1.78. The second-order valence-electron chi connectivity index (χ2n) is 5.80. The predicted octanol–water partition coefficient (Wildman–Crippen LogP) is 1.75. The molecule has 102 valence electrons.